The summed E-state index contributed by atoms with van der Waals surface area (Å²) in [5, 5.41) is 8.76. The summed E-state index contributed by atoms with van der Waals surface area (Å²) in [5.41, 5.74) is 1.85. The molecule has 0 radical (unpaired) electrons. The Balaban J connectivity index is 3.28. The lowest BCUT2D eigenvalue weighted by Crippen LogP contribution is -2.64. The maximum absolute atomic E-state index is 13.8. The molecule has 0 heterocycles. The van der Waals surface area contributed by atoms with Crippen molar-refractivity contribution in [1.82, 2.24) is 30.5 Å². The number of hydrogen-bond donors (Lipinski definition) is 2. The first-order chi connectivity index (χ1) is 21.7. The number of aldehydes is 1. The van der Waals surface area contributed by atoms with Gasteiger partial charge in [-0.05, 0) is 49.6 Å². The first-order valence-corrected chi connectivity index (χ1v) is 14.9. The van der Waals surface area contributed by atoms with E-state index in [0.717, 1.165) is 11.1 Å². The molecule has 0 aromatic heterocycles. The van der Waals surface area contributed by atoms with Gasteiger partial charge in [-0.2, -0.15) is 0 Å². The van der Waals surface area contributed by atoms with Gasteiger partial charge < -0.3 is 34.7 Å². The number of hydrogen-bond acceptors (Lipinski definition) is 8. The molecule has 12 nitrogen and oxygen atoms in total. The maximum Gasteiger partial charge on any atom is 0.407 e. The van der Waals surface area contributed by atoms with Gasteiger partial charge in [0, 0.05) is 39.8 Å². The van der Waals surface area contributed by atoms with E-state index in [1.807, 2.05) is 49.2 Å². The van der Waals surface area contributed by atoms with Crippen LogP contribution < -0.4 is 15.4 Å². The molecular weight excluding hydrogens is 576 g/mol. The summed E-state index contributed by atoms with van der Waals surface area (Å²) < 4.78 is 10.1. The number of nitrogens with zero attached hydrogens (tertiary/aromatic N) is 4. The van der Waals surface area contributed by atoms with Crippen LogP contribution in [0.5, 0.6) is 5.75 Å². The normalized spacial score (nSPS) is 12.4. The minimum absolute atomic E-state index is 0.0793. The molecule has 0 spiro atoms. The second kappa shape index (κ2) is 22.1. The first kappa shape index (κ1) is 38.6. The molecule has 0 aliphatic rings. The van der Waals surface area contributed by atoms with Gasteiger partial charge >= 0.3 is 12.1 Å². The number of carbonyl (C=O) groups is 4. The van der Waals surface area contributed by atoms with E-state index in [1.165, 1.54) is 16.0 Å². The summed E-state index contributed by atoms with van der Waals surface area (Å²) in [6, 6.07) is 6.03. The Bertz CT molecular complexity index is 1130. The van der Waals surface area contributed by atoms with Crippen molar-refractivity contribution in [3.8, 4) is 5.75 Å². The van der Waals surface area contributed by atoms with Crippen LogP contribution in [0.1, 0.15) is 31.7 Å². The topological polar surface area (TPSA) is 124 Å². The van der Waals surface area contributed by atoms with Crippen LogP contribution in [0.3, 0.4) is 0 Å². The standard InChI is InChI=1S/C33H50N6O6/c1-8-13-27(10-3)19-21-36(5)24-31(38(26-41)29(25-40)14-12-20-34-33(43)45-22-9-2)39(37(6)11-4)32(42)35-23-28-15-17-30(44-7)18-16-28/h8-10,13,15-18,25-26,29,31H,1-3,11-12,14,19-24H2,4-7H3,(H,34,43)(H,35,42)/b27-13+/t29-,31?/m0/s1. The van der Waals surface area contributed by atoms with E-state index < -0.39 is 24.3 Å². The lowest BCUT2D eigenvalue weighted by molar-refractivity contribution is -0.140. The van der Waals surface area contributed by atoms with E-state index in [0.29, 0.717) is 44.4 Å². The Morgan fingerprint density at radius 2 is 1.78 bits per heavy atom. The Morgan fingerprint density at radius 3 is 2.33 bits per heavy atom. The molecule has 0 aliphatic carbocycles. The summed E-state index contributed by atoms with van der Waals surface area (Å²) >= 11 is 0. The number of hydrazine groups is 1. The lowest BCUT2D eigenvalue weighted by atomic mass is 10.1. The fourth-order valence-electron chi connectivity index (χ4n) is 4.41. The highest BCUT2D eigenvalue weighted by atomic mass is 16.5. The van der Waals surface area contributed by atoms with Crippen molar-refractivity contribution in [3.05, 3.63) is 79.4 Å². The molecule has 1 aromatic carbocycles. The number of amides is 4. The number of benzene rings is 1. The third-order valence-corrected chi connectivity index (χ3v) is 7.05. The second-order valence-electron chi connectivity index (χ2n) is 10.2. The molecular formula is C33H50N6O6. The summed E-state index contributed by atoms with van der Waals surface area (Å²) in [4.78, 5) is 54.0. The van der Waals surface area contributed by atoms with Gasteiger partial charge in [0.2, 0.25) is 6.41 Å². The Hall–Kier alpha value is -4.42. The number of nitrogens with one attached hydrogen (secondary N) is 2. The van der Waals surface area contributed by atoms with Gasteiger partial charge in [0.25, 0.3) is 0 Å². The third kappa shape index (κ3) is 13.8. The number of methoxy groups -OCH3 is 1. The van der Waals surface area contributed by atoms with E-state index in [1.54, 1.807) is 31.3 Å². The molecule has 2 N–H and O–H groups in total. The van der Waals surface area contributed by atoms with Gasteiger partial charge in [-0.25, -0.2) is 19.6 Å². The number of allylic oxidation sites excluding steroid dienone is 3. The molecule has 0 aliphatic heterocycles. The maximum atomic E-state index is 13.8. The summed E-state index contributed by atoms with van der Waals surface area (Å²) in [7, 11) is 5.22. The Labute approximate surface area is 268 Å². The SMILES string of the molecule is C=C/C=C(\C=C)CCN(C)CC(N(C=O)[C@H](C=O)CCCNC(=O)OCC=C)N(C(=O)NCc1ccc(OC)cc1)N(C)CC. The van der Waals surface area contributed by atoms with Gasteiger partial charge in [-0.1, -0.05) is 63.1 Å². The average molecular weight is 627 g/mol. The first-order valence-electron chi connectivity index (χ1n) is 14.9. The number of likely N-dealkylation sites (N-methyl/N-ethyl adjacent to an activating group) is 1. The van der Waals surface area contributed by atoms with Crippen LogP contribution in [0.4, 0.5) is 9.59 Å². The van der Waals surface area contributed by atoms with Crippen molar-refractivity contribution in [3.63, 3.8) is 0 Å². The largest absolute Gasteiger partial charge is 0.497 e. The van der Waals surface area contributed by atoms with E-state index in [2.05, 4.69) is 30.4 Å². The van der Waals surface area contributed by atoms with Crippen molar-refractivity contribution in [1.29, 1.82) is 0 Å². The van der Waals surface area contributed by atoms with Gasteiger partial charge in [0.1, 0.15) is 24.8 Å². The van der Waals surface area contributed by atoms with Crippen LogP contribution >= 0.6 is 0 Å². The number of rotatable bonds is 23. The van der Waals surface area contributed by atoms with Crippen LogP contribution in [0.25, 0.3) is 0 Å². The molecule has 12 heteroatoms. The minimum atomic E-state index is -0.863. The van der Waals surface area contributed by atoms with E-state index in [-0.39, 0.29) is 32.7 Å². The minimum Gasteiger partial charge on any atom is -0.497 e. The van der Waals surface area contributed by atoms with Crippen LogP contribution in [0.15, 0.2) is 73.9 Å². The molecule has 45 heavy (non-hydrogen) atoms. The molecule has 2 atom stereocenters. The molecule has 0 bridgehead atoms. The van der Waals surface area contributed by atoms with Crippen molar-refractivity contribution in [2.24, 2.45) is 0 Å². The summed E-state index contributed by atoms with van der Waals surface area (Å²) in [5.74, 6) is 0.702. The monoisotopic (exact) mass is 626 g/mol. The van der Waals surface area contributed by atoms with Crippen molar-refractivity contribution >= 4 is 24.8 Å². The second-order valence-corrected chi connectivity index (χ2v) is 10.2. The molecule has 1 rings (SSSR count). The predicted molar refractivity (Wildman–Crippen MR) is 176 cm³/mol. The fourth-order valence-corrected chi connectivity index (χ4v) is 4.41. The molecule has 4 amide bonds. The molecule has 1 unspecified atom stereocenters. The van der Waals surface area contributed by atoms with Crippen LogP contribution in [0.2, 0.25) is 0 Å². The van der Waals surface area contributed by atoms with Gasteiger partial charge in [-0.3, -0.25) is 4.79 Å². The quantitative estimate of drug-likeness (QED) is 0.0471. The zero-order valence-corrected chi connectivity index (χ0v) is 27.2. The lowest BCUT2D eigenvalue weighted by Gasteiger charge is -2.44. The zero-order valence-electron chi connectivity index (χ0n) is 27.2. The highest BCUT2D eigenvalue weighted by Gasteiger charge is 2.35. The van der Waals surface area contributed by atoms with E-state index >= 15 is 0 Å². The molecule has 0 fully saturated rings. The fraction of sp³-hybridized carbons (Fsp3) is 0.455. The molecule has 0 saturated heterocycles. The number of ether oxygens (including phenoxy) is 2. The van der Waals surface area contributed by atoms with Gasteiger partial charge in [0.05, 0.1) is 13.2 Å². The third-order valence-electron chi connectivity index (χ3n) is 7.05. The van der Waals surface area contributed by atoms with Crippen LogP contribution in [-0.2, 0) is 20.9 Å². The summed E-state index contributed by atoms with van der Waals surface area (Å²) in [6.45, 7) is 14.8. The van der Waals surface area contributed by atoms with Crippen LogP contribution in [0, 0.1) is 0 Å². The summed E-state index contributed by atoms with van der Waals surface area (Å²) in [6.07, 6.45) is 7.96. The number of urea groups is 1. The van der Waals surface area contributed by atoms with Gasteiger partial charge in [-0.15, -0.1) is 0 Å². The zero-order chi connectivity index (χ0) is 33.6. The smallest absolute Gasteiger partial charge is 0.407 e. The molecule has 1 aromatic rings. The Kier molecular flexibility index (Phi) is 19.0. The highest BCUT2D eigenvalue weighted by molar-refractivity contribution is 5.75. The van der Waals surface area contributed by atoms with E-state index in [9.17, 15) is 19.2 Å². The highest BCUT2D eigenvalue weighted by Crippen LogP contribution is 2.17. The van der Waals surface area contributed by atoms with E-state index in [4.69, 9.17) is 9.47 Å². The number of carbonyl (C=O) groups excluding carboxylic acids is 4. The average Bonchev–Trinajstić information content (AvgIpc) is 3.05. The number of alkyl carbamates (subject to hydrolysis) is 1. The van der Waals surface area contributed by atoms with Crippen molar-refractivity contribution in [2.75, 3.05) is 54.0 Å². The molecule has 0 saturated carbocycles. The van der Waals surface area contributed by atoms with Gasteiger partial charge in [0.15, 0.2) is 0 Å². The predicted octanol–water partition coefficient (Wildman–Crippen LogP) is 3.74. The van der Waals surface area contributed by atoms with Crippen molar-refractivity contribution < 1.29 is 28.7 Å². The Morgan fingerprint density at radius 1 is 1.07 bits per heavy atom. The van der Waals surface area contributed by atoms with Crippen molar-refractivity contribution in [2.45, 2.75) is 44.9 Å². The van der Waals surface area contributed by atoms with Crippen LogP contribution in [-0.4, -0.2) is 111 Å². The molecule has 248 valence electrons.